The fourth-order valence-electron chi connectivity index (χ4n) is 3.35. The van der Waals surface area contributed by atoms with Crippen molar-refractivity contribution in [3.63, 3.8) is 0 Å². The number of carbonyl (C=O) groups excluding carboxylic acids is 1. The van der Waals surface area contributed by atoms with Crippen LogP contribution in [-0.4, -0.2) is 44.4 Å². The summed E-state index contributed by atoms with van der Waals surface area (Å²) in [5, 5.41) is 7.31. The van der Waals surface area contributed by atoms with Crippen LogP contribution in [0.3, 0.4) is 0 Å². The van der Waals surface area contributed by atoms with Gasteiger partial charge in [0.25, 0.3) is 0 Å². The number of ether oxygens (including phenoxy) is 2. The van der Waals surface area contributed by atoms with Gasteiger partial charge in [0.05, 0.1) is 11.9 Å². The predicted molar refractivity (Wildman–Crippen MR) is 122 cm³/mol. The van der Waals surface area contributed by atoms with Crippen molar-refractivity contribution < 1.29 is 14.3 Å². The van der Waals surface area contributed by atoms with Crippen LogP contribution >= 0.6 is 0 Å². The summed E-state index contributed by atoms with van der Waals surface area (Å²) >= 11 is 0. The summed E-state index contributed by atoms with van der Waals surface area (Å²) in [5.74, 6) is 0.578. The molecule has 2 N–H and O–H groups in total. The molecule has 164 valence electrons. The number of amides is 1. The van der Waals surface area contributed by atoms with Crippen LogP contribution in [0.15, 0.2) is 55.5 Å². The lowest BCUT2D eigenvalue weighted by Crippen LogP contribution is -2.07. The van der Waals surface area contributed by atoms with E-state index >= 15 is 0 Å². The second-order valence-electron chi connectivity index (χ2n) is 7.17. The van der Waals surface area contributed by atoms with E-state index in [2.05, 4.69) is 31.9 Å². The first-order valence-electron chi connectivity index (χ1n) is 10.2. The number of rotatable bonds is 9. The molecule has 0 radical (unpaired) electrons. The molecular weight excluding hydrogens is 408 g/mol. The van der Waals surface area contributed by atoms with E-state index in [1.165, 1.54) is 6.08 Å². The number of nitrogens with zero attached hydrogens (tertiary/aromatic N) is 4. The van der Waals surface area contributed by atoms with Crippen LogP contribution in [0.25, 0.3) is 22.3 Å². The second kappa shape index (κ2) is 9.44. The van der Waals surface area contributed by atoms with Crippen LogP contribution in [0.5, 0.6) is 11.6 Å². The number of hydrogen-bond acceptors (Lipinski definition) is 6. The monoisotopic (exact) mass is 432 g/mol. The predicted octanol–water partition coefficient (Wildman–Crippen LogP) is 4.08. The van der Waals surface area contributed by atoms with Crippen molar-refractivity contribution in [2.75, 3.05) is 19.0 Å². The lowest BCUT2D eigenvalue weighted by atomic mass is 10.1. The molecule has 4 rings (SSSR count). The van der Waals surface area contributed by atoms with E-state index in [-0.39, 0.29) is 5.91 Å². The minimum atomic E-state index is -0.293. The van der Waals surface area contributed by atoms with Gasteiger partial charge in [0.2, 0.25) is 11.8 Å². The number of nitrogens with one attached hydrogen (secondary N) is 2. The number of methoxy groups -OCH3 is 1. The summed E-state index contributed by atoms with van der Waals surface area (Å²) in [7, 11) is 1.69. The fourth-order valence-corrected chi connectivity index (χ4v) is 3.35. The summed E-state index contributed by atoms with van der Waals surface area (Å²) in [6.45, 7) is 6.88. The lowest BCUT2D eigenvalue weighted by molar-refractivity contribution is -0.111. The van der Waals surface area contributed by atoms with Crippen molar-refractivity contribution in [3.05, 3.63) is 61.2 Å². The Morgan fingerprint density at radius 3 is 3.03 bits per heavy atom. The highest BCUT2D eigenvalue weighted by Gasteiger charge is 2.15. The average Bonchev–Trinajstić information content (AvgIpc) is 3.36. The molecule has 9 heteroatoms. The van der Waals surface area contributed by atoms with Gasteiger partial charge >= 0.3 is 0 Å². The quantitative estimate of drug-likeness (QED) is 0.305. The summed E-state index contributed by atoms with van der Waals surface area (Å²) in [6, 6.07) is 7.03. The van der Waals surface area contributed by atoms with Crippen molar-refractivity contribution in [2.45, 2.75) is 19.9 Å². The van der Waals surface area contributed by atoms with Gasteiger partial charge in [0.1, 0.15) is 11.3 Å². The van der Waals surface area contributed by atoms with Gasteiger partial charge in [0.15, 0.2) is 5.65 Å². The van der Waals surface area contributed by atoms with E-state index in [9.17, 15) is 4.79 Å². The number of hydrogen-bond donors (Lipinski definition) is 2. The van der Waals surface area contributed by atoms with Gasteiger partial charge in [-0.1, -0.05) is 12.6 Å². The zero-order valence-corrected chi connectivity index (χ0v) is 18.0. The molecule has 0 saturated carbocycles. The molecule has 1 aromatic carbocycles. The normalized spacial score (nSPS) is 10.9. The Balaban J connectivity index is 1.59. The summed E-state index contributed by atoms with van der Waals surface area (Å²) in [6.07, 6.45) is 7.54. The maximum Gasteiger partial charge on any atom is 0.247 e. The van der Waals surface area contributed by atoms with Gasteiger partial charge in [-0.05, 0) is 31.6 Å². The van der Waals surface area contributed by atoms with Crippen molar-refractivity contribution in [3.8, 4) is 22.8 Å². The van der Waals surface area contributed by atoms with E-state index in [0.29, 0.717) is 35.1 Å². The number of aryl methyl sites for hydroxylation is 2. The summed E-state index contributed by atoms with van der Waals surface area (Å²) in [5.41, 5.74) is 4.74. The highest BCUT2D eigenvalue weighted by Crippen LogP contribution is 2.31. The lowest BCUT2D eigenvalue weighted by Gasteiger charge is -2.07. The molecule has 0 bridgehead atoms. The molecule has 0 aliphatic heterocycles. The SMILES string of the molecule is C=CC(=O)Nc1cccc(Oc2cnc3[nH]cc(-c4cn(CCCOC)nc4C)c3n2)c1. The van der Waals surface area contributed by atoms with Gasteiger partial charge < -0.3 is 19.8 Å². The Hall–Kier alpha value is -3.98. The molecular formula is C23H24N6O3. The van der Waals surface area contributed by atoms with Crippen molar-refractivity contribution in [2.24, 2.45) is 0 Å². The highest BCUT2D eigenvalue weighted by atomic mass is 16.5. The van der Waals surface area contributed by atoms with Crippen LogP contribution < -0.4 is 10.1 Å². The number of aromatic nitrogens is 5. The van der Waals surface area contributed by atoms with Crippen molar-refractivity contribution in [1.29, 1.82) is 0 Å². The smallest absolute Gasteiger partial charge is 0.247 e. The number of anilines is 1. The molecule has 4 aromatic rings. The third-order valence-electron chi connectivity index (χ3n) is 4.84. The van der Waals surface area contributed by atoms with Gasteiger partial charge in [-0.3, -0.25) is 9.48 Å². The maximum atomic E-state index is 11.5. The minimum Gasteiger partial charge on any atom is -0.437 e. The number of fused-ring (bicyclic) bond motifs is 1. The Morgan fingerprint density at radius 2 is 2.22 bits per heavy atom. The third-order valence-corrected chi connectivity index (χ3v) is 4.84. The molecule has 3 aromatic heterocycles. The summed E-state index contributed by atoms with van der Waals surface area (Å²) < 4.78 is 12.9. The highest BCUT2D eigenvalue weighted by molar-refractivity contribution is 5.99. The van der Waals surface area contributed by atoms with Gasteiger partial charge in [0, 0.05) is 55.5 Å². The van der Waals surface area contributed by atoms with E-state index in [0.717, 1.165) is 29.8 Å². The van der Waals surface area contributed by atoms with E-state index in [1.54, 1.807) is 37.6 Å². The third kappa shape index (κ3) is 4.68. The zero-order valence-electron chi connectivity index (χ0n) is 18.0. The Kier molecular flexibility index (Phi) is 6.27. The second-order valence-corrected chi connectivity index (χ2v) is 7.17. The Labute approximate surface area is 185 Å². The van der Waals surface area contributed by atoms with E-state index in [1.807, 2.05) is 24.0 Å². The molecule has 32 heavy (non-hydrogen) atoms. The first-order chi connectivity index (χ1) is 15.6. The number of carbonyl (C=O) groups is 1. The van der Waals surface area contributed by atoms with Crippen LogP contribution in [0.1, 0.15) is 12.1 Å². The van der Waals surface area contributed by atoms with E-state index in [4.69, 9.17) is 9.47 Å². The molecule has 3 heterocycles. The number of H-pyrrole nitrogens is 1. The first-order valence-corrected chi connectivity index (χ1v) is 10.2. The number of aromatic amines is 1. The van der Waals surface area contributed by atoms with Crippen molar-refractivity contribution in [1.82, 2.24) is 24.7 Å². The molecule has 0 aliphatic rings. The molecule has 0 saturated heterocycles. The van der Waals surface area contributed by atoms with E-state index < -0.39 is 0 Å². The molecule has 0 fully saturated rings. The van der Waals surface area contributed by atoms with Crippen molar-refractivity contribution >= 4 is 22.8 Å². The van der Waals surface area contributed by atoms with Crippen LogP contribution in [0.2, 0.25) is 0 Å². The molecule has 0 atom stereocenters. The Bertz CT molecular complexity index is 1260. The first kappa shape index (κ1) is 21.3. The fraction of sp³-hybridized carbons (Fsp3) is 0.217. The molecule has 0 unspecified atom stereocenters. The minimum absolute atomic E-state index is 0.293. The van der Waals surface area contributed by atoms with Gasteiger partial charge in [-0.25, -0.2) is 9.97 Å². The maximum absolute atomic E-state index is 11.5. The van der Waals surface area contributed by atoms with Crippen LogP contribution in [-0.2, 0) is 16.1 Å². The molecule has 9 nitrogen and oxygen atoms in total. The molecule has 0 spiro atoms. The van der Waals surface area contributed by atoms with Crippen LogP contribution in [0.4, 0.5) is 5.69 Å². The zero-order chi connectivity index (χ0) is 22.5. The van der Waals surface area contributed by atoms with Gasteiger partial charge in [-0.2, -0.15) is 5.10 Å². The topological polar surface area (TPSA) is 107 Å². The standard InChI is InChI=1S/C23H24N6O3/c1-4-20(30)26-16-7-5-8-17(11-16)32-21-13-25-23-22(27-21)18(12-24-23)19-14-29(28-15(19)2)9-6-10-31-3/h4-5,7-8,11-14H,1,6,9-10H2,2-3H3,(H,24,25)(H,26,30). The largest absolute Gasteiger partial charge is 0.437 e. The average molecular weight is 432 g/mol. The van der Waals surface area contributed by atoms with Crippen LogP contribution in [0, 0.1) is 6.92 Å². The molecule has 1 amide bonds. The number of benzene rings is 1. The Morgan fingerprint density at radius 1 is 1.34 bits per heavy atom. The summed E-state index contributed by atoms with van der Waals surface area (Å²) in [4.78, 5) is 23.8. The van der Waals surface area contributed by atoms with Gasteiger partial charge in [-0.15, -0.1) is 0 Å². The molecule has 0 aliphatic carbocycles.